The maximum absolute atomic E-state index is 12.7. The van der Waals surface area contributed by atoms with E-state index in [1.807, 2.05) is 54.3 Å². The summed E-state index contributed by atoms with van der Waals surface area (Å²) in [6, 6.07) is 13.3. The van der Waals surface area contributed by atoms with E-state index in [9.17, 15) is 4.79 Å². The van der Waals surface area contributed by atoms with Crippen molar-refractivity contribution in [2.75, 3.05) is 50.1 Å². The van der Waals surface area contributed by atoms with Gasteiger partial charge >= 0.3 is 6.03 Å². The Kier molecular flexibility index (Phi) is 5.71. The number of anilines is 2. The Morgan fingerprint density at radius 2 is 1.97 bits per heavy atom. The molecule has 8 heteroatoms. The van der Waals surface area contributed by atoms with E-state index in [0.717, 1.165) is 34.2 Å². The number of methoxy groups -OCH3 is 1. The predicted molar refractivity (Wildman–Crippen MR) is 117 cm³/mol. The van der Waals surface area contributed by atoms with Crippen LogP contribution in [0.25, 0.3) is 10.2 Å². The molecule has 2 aromatic carbocycles. The normalized spacial score (nSPS) is 14.1. The number of hydrogen-bond acceptors (Lipinski definition) is 6. The van der Waals surface area contributed by atoms with Gasteiger partial charge < -0.3 is 24.6 Å². The number of benzene rings is 2. The highest BCUT2D eigenvalue weighted by atomic mass is 32.1. The van der Waals surface area contributed by atoms with Gasteiger partial charge in [0.2, 0.25) is 0 Å². The zero-order chi connectivity index (χ0) is 20.2. The number of nitrogens with zero attached hydrogens (tertiary/aromatic N) is 3. The lowest BCUT2D eigenvalue weighted by Gasteiger charge is -2.34. The monoisotopic (exact) mass is 412 g/mol. The Labute approximate surface area is 173 Å². The van der Waals surface area contributed by atoms with E-state index in [1.54, 1.807) is 18.4 Å². The van der Waals surface area contributed by atoms with Gasteiger partial charge in [0.15, 0.2) is 5.13 Å². The van der Waals surface area contributed by atoms with Crippen molar-refractivity contribution in [3.05, 3.63) is 42.5 Å². The zero-order valence-corrected chi connectivity index (χ0v) is 17.4. The van der Waals surface area contributed by atoms with E-state index in [4.69, 9.17) is 14.5 Å². The summed E-state index contributed by atoms with van der Waals surface area (Å²) in [7, 11) is 1.67. The molecule has 1 aromatic heterocycles. The average molecular weight is 413 g/mol. The number of carbonyl (C=O) groups is 1. The summed E-state index contributed by atoms with van der Waals surface area (Å²) < 4.78 is 12.0. The maximum atomic E-state index is 12.7. The number of para-hydroxylation sites is 2. The first-order valence-corrected chi connectivity index (χ1v) is 10.5. The van der Waals surface area contributed by atoms with E-state index < -0.39 is 0 Å². The lowest BCUT2D eigenvalue weighted by Crippen LogP contribution is -2.50. The molecule has 0 radical (unpaired) electrons. The van der Waals surface area contributed by atoms with Crippen LogP contribution in [0.5, 0.6) is 11.5 Å². The molecule has 2 heterocycles. The van der Waals surface area contributed by atoms with Gasteiger partial charge in [-0.3, -0.25) is 0 Å². The number of amides is 2. The highest BCUT2D eigenvalue weighted by Crippen LogP contribution is 2.32. The number of nitrogens with one attached hydrogen (secondary N) is 1. The highest BCUT2D eigenvalue weighted by Gasteiger charge is 2.23. The lowest BCUT2D eigenvalue weighted by molar-refractivity contribution is 0.208. The van der Waals surface area contributed by atoms with Crippen molar-refractivity contribution in [2.45, 2.75) is 6.92 Å². The number of urea groups is 1. The van der Waals surface area contributed by atoms with Crippen LogP contribution in [0.1, 0.15) is 6.92 Å². The van der Waals surface area contributed by atoms with E-state index >= 15 is 0 Å². The first-order valence-electron chi connectivity index (χ1n) is 9.65. The van der Waals surface area contributed by atoms with Crippen molar-refractivity contribution in [3.8, 4) is 11.5 Å². The van der Waals surface area contributed by atoms with Crippen LogP contribution in [0, 0.1) is 0 Å². The topological polar surface area (TPSA) is 66.9 Å². The molecule has 3 aromatic rings. The van der Waals surface area contributed by atoms with Crippen LogP contribution >= 0.6 is 11.3 Å². The molecule has 1 N–H and O–H groups in total. The number of rotatable bonds is 5. The van der Waals surface area contributed by atoms with Gasteiger partial charge in [-0.05, 0) is 37.3 Å². The Bertz CT molecular complexity index is 999. The number of hydrogen-bond donors (Lipinski definition) is 1. The minimum atomic E-state index is -0.106. The molecular formula is C21H24N4O3S. The van der Waals surface area contributed by atoms with E-state index in [1.165, 1.54) is 0 Å². The quantitative estimate of drug-likeness (QED) is 0.685. The summed E-state index contributed by atoms with van der Waals surface area (Å²) >= 11 is 1.65. The molecule has 1 fully saturated rings. The second kappa shape index (κ2) is 8.57. The molecule has 0 saturated carbocycles. The molecule has 0 atom stereocenters. The van der Waals surface area contributed by atoms with Crippen LogP contribution in [0.15, 0.2) is 42.5 Å². The Morgan fingerprint density at radius 1 is 1.17 bits per heavy atom. The second-order valence-electron chi connectivity index (χ2n) is 6.66. The van der Waals surface area contributed by atoms with E-state index in [-0.39, 0.29) is 6.03 Å². The van der Waals surface area contributed by atoms with Gasteiger partial charge in [-0.25, -0.2) is 9.78 Å². The number of carbonyl (C=O) groups excluding carboxylic acids is 1. The van der Waals surface area contributed by atoms with Crippen molar-refractivity contribution in [1.82, 2.24) is 9.88 Å². The van der Waals surface area contributed by atoms with Crippen LogP contribution in [0.2, 0.25) is 0 Å². The minimum Gasteiger partial charge on any atom is -0.497 e. The van der Waals surface area contributed by atoms with Gasteiger partial charge in [0.05, 0.1) is 29.6 Å². The predicted octanol–water partition coefficient (Wildman–Crippen LogP) is 4.06. The fourth-order valence-corrected chi connectivity index (χ4v) is 4.35. The summed E-state index contributed by atoms with van der Waals surface area (Å²) in [5.41, 5.74) is 1.67. The van der Waals surface area contributed by atoms with Crippen molar-refractivity contribution >= 4 is 38.4 Å². The van der Waals surface area contributed by atoms with E-state index in [0.29, 0.717) is 31.1 Å². The van der Waals surface area contributed by atoms with Crippen LogP contribution in [0.3, 0.4) is 0 Å². The largest absolute Gasteiger partial charge is 0.497 e. The summed E-state index contributed by atoms with van der Waals surface area (Å²) in [5, 5.41) is 3.95. The number of ether oxygens (including phenoxy) is 2. The standard InChI is InChI=1S/C21H24N4O3S/c1-3-28-18-7-5-4-6-16(18)22-20(26)24-10-12-25(13-11-24)21-23-17-9-8-15(27-2)14-19(17)29-21/h4-9,14H,3,10-13H2,1-2H3,(H,22,26). The van der Waals surface area contributed by atoms with Crippen molar-refractivity contribution in [1.29, 1.82) is 0 Å². The van der Waals surface area contributed by atoms with Crippen LogP contribution < -0.4 is 19.7 Å². The van der Waals surface area contributed by atoms with Crippen LogP contribution in [-0.4, -0.2) is 55.8 Å². The molecule has 2 amide bonds. The molecule has 1 aliphatic heterocycles. The number of aromatic nitrogens is 1. The zero-order valence-electron chi connectivity index (χ0n) is 16.6. The molecule has 4 rings (SSSR count). The number of piperazine rings is 1. The third-order valence-electron chi connectivity index (χ3n) is 4.85. The maximum Gasteiger partial charge on any atom is 0.322 e. The Hall–Kier alpha value is -3.00. The van der Waals surface area contributed by atoms with Crippen molar-refractivity contribution in [3.63, 3.8) is 0 Å². The molecular weight excluding hydrogens is 388 g/mol. The van der Waals surface area contributed by atoms with Gasteiger partial charge in [0, 0.05) is 26.2 Å². The number of fused-ring (bicyclic) bond motifs is 1. The average Bonchev–Trinajstić information content (AvgIpc) is 3.18. The first kappa shape index (κ1) is 19.3. The first-order chi connectivity index (χ1) is 14.2. The molecule has 0 aliphatic carbocycles. The molecule has 1 aliphatic rings. The summed E-state index contributed by atoms with van der Waals surface area (Å²) in [6.45, 7) is 5.26. The van der Waals surface area contributed by atoms with Crippen LogP contribution in [0.4, 0.5) is 15.6 Å². The molecule has 29 heavy (non-hydrogen) atoms. The van der Waals surface area contributed by atoms with Gasteiger partial charge in [-0.15, -0.1) is 0 Å². The molecule has 0 spiro atoms. The smallest absolute Gasteiger partial charge is 0.322 e. The van der Waals surface area contributed by atoms with Gasteiger partial charge in [-0.2, -0.15) is 0 Å². The third kappa shape index (κ3) is 4.22. The van der Waals surface area contributed by atoms with Gasteiger partial charge in [-0.1, -0.05) is 23.5 Å². The molecule has 152 valence electrons. The van der Waals surface area contributed by atoms with Crippen molar-refractivity contribution in [2.24, 2.45) is 0 Å². The molecule has 0 unspecified atom stereocenters. The Morgan fingerprint density at radius 3 is 2.72 bits per heavy atom. The minimum absolute atomic E-state index is 0.106. The second-order valence-corrected chi connectivity index (χ2v) is 7.67. The summed E-state index contributed by atoms with van der Waals surface area (Å²) in [5.74, 6) is 1.52. The Balaban J connectivity index is 1.38. The van der Waals surface area contributed by atoms with Crippen molar-refractivity contribution < 1.29 is 14.3 Å². The van der Waals surface area contributed by atoms with Gasteiger partial charge in [0.1, 0.15) is 11.5 Å². The molecule has 1 saturated heterocycles. The fourth-order valence-electron chi connectivity index (χ4n) is 3.30. The van der Waals surface area contributed by atoms with Crippen LogP contribution in [-0.2, 0) is 0 Å². The summed E-state index contributed by atoms with van der Waals surface area (Å²) in [4.78, 5) is 21.5. The lowest BCUT2D eigenvalue weighted by atomic mass is 10.3. The SMILES string of the molecule is CCOc1ccccc1NC(=O)N1CCN(c2nc3ccc(OC)cc3s2)CC1. The summed E-state index contributed by atoms with van der Waals surface area (Å²) in [6.07, 6.45) is 0. The van der Waals surface area contributed by atoms with Gasteiger partial charge in [0.25, 0.3) is 0 Å². The number of thiazole rings is 1. The van der Waals surface area contributed by atoms with E-state index in [2.05, 4.69) is 10.2 Å². The molecule has 7 nitrogen and oxygen atoms in total. The molecule has 0 bridgehead atoms. The highest BCUT2D eigenvalue weighted by molar-refractivity contribution is 7.22. The third-order valence-corrected chi connectivity index (χ3v) is 5.93. The fraction of sp³-hybridized carbons (Fsp3) is 0.333.